The highest BCUT2D eigenvalue weighted by molar-refractivity contribution is 5.91. The molecule has 0 saturated heterocycles. The third kappa shape index (κ3) is 3.35. The van der Waals surface area contributed by atoms with E-state index in [1.165, 1.54) is 18.3 Å². The first-order valence-electron chi connectivity index (χ1n) is 7.63. The minimum Gasteiger partial charge on any atom is -0.497 e. The average molecular weight is 347 g/mol. The van der Waals surface area contributed by atoms with Crippen molar-refractivity contribution in [3.63, 3.8) is 0 Å². The van der Waals surface area contributed by atoms with E-state index in [1.54, 1.807) is 32.2 Å². The molecule has 0 saturated carbocycles. The molecule has 0 aliphatic rings. The van der Waals surface area contributed by atoms with E-state index >= 15 is 0 Å². The maximum absolute atomic E-state index is 14.3. The second-order valence-corrected chi connectivity index (χ2v) is 5.56. The number of methoxy groups -OCH3 is 1. The molecule has 25 heavy (non-hydrogen) atoms. The van der Waals surface area contributed by atoms with Crippen LogP contribution in [0.25, 0.3) is 10.9 Å². The fraction of sp³-hybridized carbons (Fsp3) is 0.222. The molecule has 1 heterocycles. The van der Waals surface area contributed by atoms with Gasteiger partial charge in [-0.1, -0.05) is 18.2 Å². The van der Waals surface area contributed by atoms with Gasteiger partial charge >= 0.3 is 0 Å². The predicted octanol–water partition coefficient (Wildman–Crippen LogP) is 4.89. The van der Waals surface area contributed by atoms with Gasteiger partial charge in [0, 0.05) is 10.9 Å². The van der Waals surface area contributed by atoms with Crippen LogP contribution in [0.5, 0.6) is 5.75 Å². The monoisotopic (exact) mass is 347 g/mol. The predicted molar refractivity (Wildman–Crippen MR) is 89.5 cm³/mol. The fourth-order valence-electron chi connectivity index (χ4n) is 2.66. The van der Waals surface area contributed by atoms with Gasteiger partial charge in [-0.2, -0.15) is 10.2 Å². The first-order chi connectivity index (χ1) is 12.0. The molecule has 0 aliphatic heterocycles. The third-order valence-corrected chi connectivity index (χ3v) is 3.98. The van der Waals surface area contributed by atoms with Gasteiger partial charge in [-0.3, -0.25) is 0 Å². The van der Waals surface area contributed by atoms with Gasteiger partial charge in [0.1, 0.15) is 11.6 Å². The lowest BCUT2D eigenvalue weighted by Gasteiger charge is -2.18. The number of hydrogen-bond acceptors (Lipinski definition) is 4. The Morgan fingerprint density at radius 2 is 1.88 bits per heavy atom. The van der Waals surface area contributed by atoms with E-state index in [4.69, 9.17) is 4.74 Å². The molecule has 130 valence electrons. The first kappa shape index (κ1) is 17.0. The summed E-state index contributed by atoms with van der Waals surface area (Å²) < 4.78 is 45.3. The van der Waals surface area contributed by atoms with Gasteiger partial charge < -0.3 is 10.1 Å². The molecule has 0 spiro atoms. The SMILES string of the molecule is COc1ccc2nncc(N[C@H](C)c3cccc(C(F)F)c3F)c2c1. The summed E-state index contributed by atoms with van der Waals surface area (Å²) in [5.74, 6) is -0.261. The van der Waals surface area contributed by atoms with Gasteiger partial charge in [-0.25, -0.2) is 13.2 Å². The Labute approximate surface area is 142 Å². The molecule has 1 N–H and O–H groups in total. The number of ether oxygens (including phenoxy) is 1. The van der Waals surface area contributed by atoms with E-state index in [-0.39, 0.29) is 5.56 Å². The van der Waals surface area contributed by atoms with Crippen molar-refractivity contribution >= 4 is 16.6 Å². The Morgan fingerprint density at radius 3 is 2.60 bits per heavy atom. The topological polar surface area (TPSA) is 47.0 Å². The van der Waals surface area contributed by atoms with Crippen LogP contribution in [0.4, 0.5) is 18.9 Å². The highest BCUT2D eigenvalue weighted by atomic mass is 19.3. The first-order valence-corrected chi connectivity index (χ1v) is 7.63. The maximum atomic E-state index is 14.3. The maximum Gasteiger partial charge on any atom is 0.266 e. The van der Waals surface area contributed by atoms with Gasteiger partial charge in [-0.15, -0.1) is 0 Å². The Balaban J connectivity index is 1.97. The van der Waals surface area contributed by atoms with Crippen molar-refractivity contribution in [3.05, 3.63) is 59.5 Å². The number of hydrogen-bond donors (Lipinski definition) is 1. The summed E-state index contributed by atoms with van der Waals surface area (Å²) in [4.78, 5) is 0. The van der Waals surface area contributed by atoms with E-state index < -0.39 is 23.8 Å². The van der Waals surface area contributed by atoms with Crippen molar-refractivity contribution < 1.29 is 17.9 Å². The third-order valence-electron chi connectivity index (χ3n) is 3.98. The summed E-state index contributed by atoms with van der Waals surface area (Å²) in [5.41, 5.74) is 0.800. The molecule has 0 bridgehead atoms. The summed E-state index contributed by atoms with van der Waals surface area (Å²) in [6, 6.07) is 8.75. The van der Waals surface area contributed by atoms with Crippen molar-refractivity contribution in [2.24, 2.45) is 0 Å². The van der Waals surface area contributed by atoms with E-state index in [9.17, 15) is 13.2 Å². The molecule has 0 amide bonds. The smallest absolute Gasteiger partial charge is 0.266 e. The van der Waals surface area contributed by atoms with Crippen molar-refractivity contribution in [2.75, 3.05) is 12.4 Å². The van der Waals surface area contributed by atoms with Crippen LogP contribution in [-0.4, -0.2) is 17.3 Å². The number of nitrogens with zero attached hydrogens (tertiary/aromatic N) is 2. The zero-order valence-corrected chi connectivity index (χ0v) is 13.6. The highest BCUT2D eigenvalue weighted by Gasteiger charge is 2.20. The van der Waals surface area contributed by atoms with E-state index in [1.807, 2.05) is 0 Å². The molecule has 1 aromatic heterocycles. The van der Waals surface area contributed by atoms with Crippen LogP contribution in [0.1, 0.15) is 30.5 Å². The second-order valence-electron chi connectivity index (χ2n) is 5.56. The van der Waals surface area contributed by atoms with Crippen LogP contribution in [0.15, 0.2) is 42.6 Å². The number of fused-ring (bicyclic) bond motifs is 1. The quantitative estimate of drug-likeness (QED) is 0.714. The van der Waals surface area contributed by atoms with Crippen LogP contribution in [-0.2, 0) is 0 Å². The summed E-state index contributed by atoms with van der Waals surface area (Å²) in [6.45, 7) is 1.69. The lowest BCUT2D eigenvalue weighted by Crippen LogP contribution is -2.11. The number of halogens is 3. The molecular weight excluding hydrogens is 331 g/mol. The minimum atomic E-state index is -2.86. The Hall–Kier alpha value is -2.83. The van der Waals surface area contributed by atoms with Crippen molar-refractivity contribution in [2.45, 2.75) is 19.4 Å². The largest absolute Gasteiger partial charge is 0.497 e. The highest BCUT2D eigenvalue weighted by Crippen LogP contribution is 2.31. The lowest BCUT2D eigenvalue weighted by atomic mass is 10.0. The number of aromatic nitrogens is 2. The molecule has 0 fully saturated rings. The van der Waals surface area contributed by atoms with E-state index in [0.29, 0.717) is 17.0 Å². The van der Waals surface area contributed by atoms with Crippen LogP contribution in [0.2, 0.25) is 0 Å². The molecule has 7 heteroatoms. The summed E-state index contributed by atoms with van der Waals surface area (Å²) in [6.07, 6.45) is -1.35. The lowest BCUT2D eigenvalue weighted by molar-refractivity contribution is 0.146. The standard InChI is InChI=1S/C18H16F3N3O/c1-10(12-4-3-5-13(17(12)19)18(20)21)23-16-9-22-24-15-7-6-11(25-2)8-14(15)16/h3-10,18H,1-2H3,(H,23,24)/t10-/m1/s1. The van der Waals surface area contributed by atoms with Gasteiger partial charge in [0.05, 0.1) is 36.1 Å². The number of alkyl halides is 2. The molecule has 0 unspecified atom stereocenters. The van der Waals surface area contributed by atoms with Gasteiger partial charge in [0.25, 0.3) is 6.43 Å². The Bertz CT molecular complexity index is 902. The van der Waals surface area contributed by atoms with Crippen LogP contribution in [0.3, 0.4) is 0 Å². The zero-order chi connectivity index (χ0) is 18.0. The molecule has 3 aromatic rings. The number of anilines is 1. The van der Waals surface area contributed by atoms with Crippen molar-refractivity contribution in [3.8, 4) is 5.75 Å². The van der Waals surface area contributed by atoms with Crippen molar-refractivity contribution in [1.29, 1.82) is 0 Å². The second kappa shape index (κ2) is 6.96. The van der Waals surface area contributed by atoms with Crippen LogP contribution in [0, 0.1) is 5.82 Å². The van der Waals surface area contributed by atoms with E-state index in [2.05, 4.69) is 15.5 Å². The molecule has 0 aliphatic carbocycles. The Morgan fingerprint density at radius 1 is 1.12 bits per heavy atom. The zero-order valence-electron chi connectivity index (χ0n) is 13.6. The van der Waals surface area contributed by atoms with Crippen LogP contribution < -0.4 is 10.1 Å². The van der Waals surface area contributed by atoms with E-state index in [0.717, 1.165) is 11.5 Å². The summed E-state index contributed by atoms with van der Waals surface area (Å²) in [5, 5.41) is 11.8. The molecule has 2 aromatic carbocycles. The molecule has 4 nitrogen and oxygen atoms in total. The molecule has 0 radical (unpaired) electrons. The van der Waals surface area contributed by atoms with Gasteiger partial charge in [-0.05, 0) is 25.1 Å². The fourth-order valence-corrected chi connectivity index (χ4v) is 2.66. The van der Waals surface area contributed by atoms with Crippen LogP contribution >= 0.6 is 0 Å². The van der Waals surface area contributed by atoms with Crippen molar-refractivity contribution in [1.82, 2.24) is 10.2 Å². The summed E-state index contributed by atoms with van der Waals surface area (Å²) in [7, 11) is 1.55. The van der Waals surface area contributed by atoms with Gasteiger partial charge in [0.15, 0.2) is 0 Å². The number of nitrogens with one attached hydrogen (secondary N) is 1. The molecular formula is C18H16F3N3O. The number of benzene rings is 2. The normalized spacial score (nSPS) is 12.4. The molecule has 1 atom stereocenters. The summed E-state index contributed by atoms with van der Waals surface area (Å²) >= 11 is 0. The average Bonchev–Trinajstić information content (AvgIpc) is 2.61. The molecule has 3 rings (SSSR count). The Kier molecular flexibility index (Phi) is 4.74. The number of rotatable bonds is 5. The minimum absolute atomic E-state index is 0.158. The van der Waals surface area contributed by atoms with Gasteiger partial charge in [0.2, 0.25) is 0 Å².